The van der Waals surface area contributed by atoms with Gasteiger partial charge in [-0.3, -0.25) is 0 Å². The zero-order chi connectivity index (χ0) is 11.5. The van der Waals surface area contributed by atoms with Crippen molar-refractivity contribution in [1.29, 1.82) is 0 Å². The minimum absolute atomic E-state index is 0.287. The standard InChI is InChI=1S/C8H7F3N2O2/c9-8(10,11)15-7-3-5(4-13-12)1-2-6(7)14/h1-4,14H,12H2. The number of ether oxygens (including phenoxy) is 1. The Kier molecular flexibility index (Phi) is 3.03. The Bertz CT molecular complexity index is 377. The Labute approximate surface area is 82.8 Å². The van der Waals surface area contributed by atoms with Gasteiger partial charge >= 0.3 is 6.36 Å². The molecule has 0 bridgehead atoms. The molecule has 0 aliphatic rings. The van der Waals surface area contributed by atoms with E-state index >= 15 is 0 Å². The van der Waals surface area contributed by atoms with E-state index in [1.54, 1.807) is 0 Å². The number of nitrogens with zero attached hydrogens (tertiary/aromatic N) is 1. The molecule has 0 unspecified atom stereocenters. The van der Waals surface area contributed by atoms with Crippen LogP contribution in [0.2, 0.25) is 0 Å². The Balaban J connectivity index is 3.00. The highest BCUT2D eigenvalue weighted by atomic mass is 19.4. The fraction of sp³-hybridized carbons (Fsp3) is 0.125. The summed E-state index contributed by atoms with van der Waals surface area (Å²) in [5, 5.41) is 12.2. The SMILES string of the molecule is NN=Cc1ccc(O)c(OC(F)(F)F)c1. The van der Waals surface area contributed by atoms with Crippen molar-refractivity contribution >= 4 is 6.21 Å². The number of halogens is 3. The summed E-state index contributed by atoms with van der Waals surface area (Å²) in [4.78, 5) is 0. The fourth-order valence-corrected chi connectivity index (χ4v) is 0.904. The van der Waals surface area contributed by atoms with Crippen molar-refractivity contribution in [3.63, 3.8) is 0 Å². The minimum Gasteiger partial charge on any atom is -0.504 e. The van der Waals surface area contributed by atoms with E-state index in [1.165, 1.54) is 6.07 Å². The molecule has 0 aliphatic heterocycles. The van der Waals surface area contributed by atoms with Gasteiger partial charge < -0.3 is 15.7 Å². The number of aromatic hydroxyl groups is 1. The molecule has 0 atom stereocenters. The van der Waals surface area contributed by atoms with Gasteiger partial charge in [0, 0.05) is 0 Å². The lowest BCUT2D eigenvalue weighted by Gasteiger charge is -2.10. The summed E-state index contributed by atoms with van der Waals surface area (Å²) in [6.07, 6.45) is -3.72. The third-order valence-corrected chi connectivity index (χ3v) is 1.43. The molecule has 1 aromatic carbocycles. The maximum absolute atomic E-state index is 11.8. The second-order valence-corrected chi connectivity index (χ2v) is 2.55. The number of rotatable bonds is 2. The topological polar surface area (TPSA) is 67.8 Å². The summed E-state index contributed by atoms with van der Waals surface area (Å²) in [6.45, 7) is 0. The average molecular weight is 220 g/mol. The van der Waals surface area contributed by atoms with Crippen LogP contribution < -0.4 is 10.6 Å². The lowest BCUT2D eigenvalue weighted by molar-refractivity contribution is -0.275. The largest absolute Gasteiger partial charge is 0.573 e. The second kappa shape index (κ2) is 4.07. The van der Waals surface area contributed by atoms with Crippen molar-refractivity contribution in [3.05, 3.63) is 23.8 Å². The maximum atomic E-state index is 11.8. The van der Waals surface area contributed by atoms with Gasteiger partial charge in [0.2, 0.25) is 0 Å². The highest BCUT2D eigenvalue weighted by Gasteiger charge is 2.32. The van der Waals surface area contributed by atoms with Crippen LogP contribution in [0.3, 0.4) is 0 Å². The van der Waals surface area contributed by atoms with Crippen LogP contribution in [-0.2, 0) is 0 Å². The maximum Gasteiger partial charge on any atom is 0.573 e. The van der Waals surface area contributed by atoms with Crippen molar-refractivity contribution in [3.8, 4) is 11.5 Å². The summed E-state index contributed by atoms with van der Waals surface area (Å²) >= 11 is 0. The lowest BCUT2D eigenvalue weighted by atomic mass is 10.2. The molecule has 0 amide bonds. The molecular weight excluding hydrogens is 213 g/mol. The summed E-state index contributed by atoms with van der Waals surface area (Å²) in [6, 6.07) is 3.37. The zero-order valence-corrected chi connectivity index (χ0v) is 7.32. The van der Waals surface area contributed by atoms with Gasteiger partial charge in [0.1, 0.15) is 0 Å². The molecule has 1 rings (SSSR count). The van der Waals surface area contributed by atoms with Gasteiger partial charge in [-0.05, 0) is 23.8 Å². The number of nitrogens with two attached hydrogens (primary N) is 1. The first kappa shape index (κ1) is 11.2. The Morgan fingerprint density at radius 3 is 2.60 bits per heavy atom. The molecule has 15 heavy (non-hydrogen) atoms. The summed E-state index contributed by atoms with van der Waals surface area (Å²) in [5.74, 6) is 3.52. The predicted molar refractivity (Wildman–Crippen MR) is 46.6 cm³/mol. The number of hydrogen-bond donors (Lipinski definition) is 2. The molecule has 0 saturated carbocycles. The quantitative estimate of drug-likeness (QED) is 0.451. The predicted octanol–water partition coefficient (Wildman–Crippen LogP) is 1.58. The van der Waals surface area contributed by atoms with Crippen LogP contribution in [0.15, 0.2) is 23.3 Å². The molecular formula is C8H7F3N2O2. The van der Waals surface area contributed by atoms with Crippen LogP contribution in [0.25, 0.3) is 0 Å². The highest BCUT2D eigenvalue weighted by Crippen LogP contribution is 2.31. The Hall–Kier alpha value is -1.92. The van der Waals surface area contributed by atoms with Crippen LogP contribution >= 0.6 is 0 Å². The molecule has 0 spiro atoms. The Morgan fingerprint density at radius 1 is 1.40 bits per heavy atom. The van der Waals surface area contributed by atoms with Crippen LogP contribution in [-0.4, -0.2) is 17.7 Å². The average Bonchev–Trinajstić information content (AvgIpc) is 2.09. The summed E-state index contributed by atoms with van der Waals surface area (Å²) in [7, 11) is 0. The molecule has 0 saturated heterocycles. The van der Waals surface area contributed by atoms with E-state index in [1.807, 2.05) is 0 Å². The van der Waals surface area contributed by atoms with Gasteiger partial charge in [0.25, 0.3) is 0 Å². The number of benzene rings is 1. The van der Waals surface area contributed by atoms with Crippen molar-refractivity contribution in [2.24, 2.45) is 10.9 Å². The van der Waals surface area contributed by atoms with Gasteiger partial charge in [-0.2, -0.15) is 5.10 Å². The van der Waals surface area contributed by atoms with Gasteiger partial charge in [0.05, 0.1) is 6.21 Å². The molecule has 0 heterocycles. The first-order chi connectivity index (χ1) is 6.92. The molecule has 3 N–H and O–H groups in total. The van der Waals surface area contributed by atoms with E-state index in [2.05, 4.69) is 9.84 Å². The van der Waals surface area contributed by atoms with Gasteiger partial charge in [-0.15, -0.1) is 13.2 Å². The van der Waals surface area contributed by atoms with E-state index in [0.717, 1.165) is 18.3 Å². The van der Waals surface area contributed by atoms with Gasteiger partial charge in [0.15, 0.2) is 11.5 Å². The monoisotopic (exact) mass is 220 g/mol. The summed E-state index contributed by atoms with van der Waals surface area (Å²) < 4.78 is 39.1. The van der Waals surface area contributed by atoms with E-state index in [0.29, 0.717) is 0 Å². The van der Waals surface area contributed by atoms with Crippen LogP contribution in [0, 0.1) is 0 Å². The smallest absolute Gasteiger partial charge is 0.504 e. The number of phenolic OH excluding ortho intramolecular Hbond substituents is 1. The van der Waals surface area contributed by atoms with Crippen LogP contribution in [0.1, 0.15) is 5.56 Å². The third kappa shape index (κ3) is 3.37. The first-order valence-corrected chi connectivity index (χ1v) is 3.74. The van der Waals surface area contributed by atoms with Crippen LogP contribution in [0.5, 0.6) is 11.5 Å². The zero-order valence-electron chi connectivity index (χ0n) is 7.32. The number of hydrazone groups is 1. The van der Waals surface area contributed by atoms with E-state index in [-0.39, 0.29) is 5.56 Å². The minimum atomic E-state index is -4.85. The number of hydrogen-bond acceptors (Lipinski definition) is 4. The van der Waals surface area contributed by atoms with Gasteiger partial charge in [-0.25, -0.2) is 0 Å². The number of alkyl halides is 3. The van der Waals surface area contributed by atoms with Gasteiger partial charge in [-0.1, -0.05) is 0 Å². The highest BCUT2D eigenvalue weighted by molar-refractivity contribution is 5.80. The molecule has 0 fully saturated rings. The normalized spacial score (nSPS) is 11.9. The second-order valence-electron chi connectivity index (χ2n) is 2.55. The molecule has 82 valence electrons. The van der Waals surface area contributed by atoms with Crippen molar-refractivity contribution in [2.75, 3.05) is 0 Å². The molecule has 7 heteroatoms. The molecule has 0 aliphatic carbocycles. The lowest BCUT2D eigenvalue weighted by Crippen LogP contribution is -2.17. The van der Waals surface area contributed by atoms with E-state index in [9.17, 15) is 13.2 Å². The fourth-order valence-electron chi connectivity index (χ4n) is 0.904. The van der Waals surface area contributed by atoms with Crippen molar-refractivity contribution < 1.29 is 23.0 Å². The summed E-state index contributed by atoms with van der Waals surface area (Å²) in [5.41, 5.74) is 0.287. The first-order valence-electron chi connectivity index (χ1n) is 3.74. The van der Waals surface area contributed by atoms with E-state index < -0.39 is 17.9 Å². The molecule has 4 nitrogen and oxygen atoms in total. The molecule has 0 radical (unpaired) electrons. The Morgan fingerprint density at radius 2 is 2.07 bits per heavy atom. The number of phenols is 1. The van der Waals surface area contributed by atoms with Crippen LogP contribution in [0.4, 0.5) is 13.2 Å². The van der Waals surface area contributed by atoms with E-state index in [4.69, 9.17) is 10.9 Å². The molecule has 1 aromatic rings. The molecule has 0 aromatic heterocycles. The van der Waals surface area contributed by atoms with Crippen molar-refractivity contribution in [2.45, 2.75) is 6.36 Å². The van der Waals surface area contributed by atoms with Crippen molar-refractivity contribution in [1.82, 2.24) is 0 Å². The third-order valence-electron chi connectivity index (χ3n) is 1.43.